The molecule has 1 aliphatic rings. The van der Waals surface area contributed by atoms with Gasteiger partial charge < -0.3 is 5.84 Å². The van der Waals surface area contributed by atoms with Gasteiger partial charge in [0.05, 0.1) is 0 Å². The van der Waals surface area contributed by atoms with E-state index in [1.54, 1.807) is 0 Å². The lowest BCUT2D eigenvalue weighted by Gasteiger charge is -2.20. The van der Waals surface area contributed by atoms with Gasteiger partial charge in [0.15, 0.2) is 0 Å². The summed E-state index contributed by atoms with van der Waals surface area (Å²) in [6, 6.07) is 0. The van der Waals surface area contributed by atoms with Crippen LogP contribution in [0, 0.1) is 0 Å². The molecule has 1 saturated carbocycles. The smallest absolute Gasteiger partial charge is 0.294 e. The largest absolute Gasteiger partial charge is 0.334 e. The summed E-state index contributed by atoms with van der Waals surface area (Å²) >= 11 is 1.33. The maximum Gasteiger partial charge on any atom is 0.294 e. The number of nitrogens with zero attached hydrogens (tertiary/aromatic N) is 3. The second-order valence-corrected chi connectivity index (χ2v) is 4.86. The Hall–Kier alpha value is -1.04. The van der Waals surface area contributed by atoms with Crippen molar-refractivity contribution in [2.45, 2.75) is 43.2 Å². The van der Waals surface area contributed by atoms with Gasteiger partial charge >= 0.3 is 0 Å². The van der Waals surface area contributed by atoms with Gasteiger partial charge in [0.1, 0.15) is 5.69 Å². The average Bonchev–Trinajstić information content (AvgIpc) is 2.34. The van der Waals surface area contributed by atoms with Crippen molar-refractivity contribution in [3.05, 3.63) is 16.0 Å². The van der Waals surface area contributed by atoms with E-state index in [0.29, 0.717) is 10.9 Å². The molecule has 0 aromatic carbocycles. The summed E-state index contributed by atoms with van der Waals surface area (Å²) in [5.74, 6) is 5.93. The summed E-state index contributed by atoms with van der Waals surface area (Å²) in [5, 5.41) is 8.50. The highest BCUT2D eigenvalue weighted by Gasteiger charge is 2.21. The fraction of sp³-hybridized carbons (Fsp3) is 0.700. The number of nitrogens with two attached hydrogens (primary N) is 1. The number of aromatic nitrogens is 3. The van der Waals surface area contributed by atoms with Gasteiger partial charge in [-0.25, -0.2) is 0 Å². The summed E-state index contributed by atoms with van der Waals surface area (Å²) in [4.78, 5) is 12.0. The summed E-state index contributed by atoms with van der Waals surface area (Å²) in [6.07, 6.45) is 7.48. The Bertz CT molecular complexity index is 425. The van der Waals surface area contributed by atoms with Crippen LogP contribution in [0.5, 0.6) is 0 Å². The first-order valence-corrected chi connectivity index (χ1v) is 6.75. The zero-order valence-corrected chi connectivity index (χ0v) is 10.2. The molecule has 0 atom stereocenters. The predicted octanol–water partition coefficient (Wildman–Crippen LogP) is 1.12. The summed E-state index contributed by atoms with van der Waals surface area (Å²) in [7, 11) is 0. The van der Waals surface area contributed by atoms with Crippen LogP contribution in [0.4, 0.5) is 0 Å². The van der Waals surface area contributed by atoms with E-state index in [-0.39, 0.29) is 11.5 Å². The van der Waals surface area contributed by atoms with Crippen molar-refractivity contribution < 1.29 is 0 Å². The zero-order valence-electron chi connectivity index (χ0n) is 9.35. The van der Waals surface area contributed by atoms with Crippen molar-refractivity contribution in [1.82, 2.24) is 14.9 Å². The first-order valence-electron chi connectivity index (χ1n) is 5.52. The third kappa shape index (κ3) is 2.07. The summed E-state index contributed by atoms with van der Waals surface area (Å²) < 4.78 is 1.11. The van der Waals surface area contributed by atoms with Crippen molar-refractivity contribution in [3.8, 4) is 0 Å². The molecular weight excluding hydrogens is 224 g/mol. The van der Waals surface area contributed by atoms with Crippen molar-refractivity contribution in [3.63, 3.8) is 0 Å². The minimum atomic E-state index is -0.189. The van der Waals surface area contributed by atoms with Crippen LogP contribution in [0.2, 0.25) is 0 Å². The van der Waals surface area contributed by atoms with Gasteiger partial charge in [-0.05, 0) is 19.1 Å². The van der Waals surface area contributed by atoms with Crippen LogP contribution in [-0.2, 0) is 0 Å². The molecule has 1 heterocycles. The molecule has 1 aliphatic carbocycles. The third-order valence-electron chi connectivity index (χ3n) is 3.06. The molecule has 0 aliphatic heterocycles. The van der Waals surface area contributed by atoms with Crippen LogP contribution in [-0.4, -0.2) is 21.1 Å². The normalized spacial score (nSPS) is 17.6. The molecule has 5 nitrogen and oxygen atoms in total. The van der Waals surface area contributed by atoms with Gasteiger partial charge in [0, 0.05) is 5.92 Å². The number of hydrogen-bond donors (Lipinski definition) is 1. The number of rotatable bonds is 2. The molecule has 1 fully saturated rings. The van der Waals surface area contributed by atoms with E-state index in [2.05, 4.69) is 10.2 Å². The molecular formula is C10H16N4OS. The zero-order chi connectivity index (χ0) is 11.5. The molecule has 0 unspecified atom stereocenters. The fourth-order valence-corrected chi connectivity index (χ4v) is 2.57. The molecule has 6 heteroatoms. The van der Waals surface area contributed by atoms with Gasteiger partial charge in [-0.1, -0.05) is 31.0 Å². The highest BCUT2D eigenvalue weighted by molar-refractivity contribution is 7.98. The van der Waals surface area contributed by atoms with E-state index in [0.717, 1.165) is 17.5 Å². The molecule has 0 amide bonds. The van der Waals surface area contributed by atoms with E-state index < -0.39 is 0 Å². The summed E-state index contributed by atoms with van der Waals surface area (Å²) in [5.41, 5.74) is 0.353. The highest BCUT2D eigenvalue weighted by Crippen LogP contribution is 2.29. The van der Waals surface area contributed by atoms with Crippen molar-refractivity contribution in [2.75, 3.05) is 12.1 Å². The number of hydrogen-bond acceptors (Lipinski definition) is 5. The maximum atomic E-state index is 12.0. The molecule has 0 bridgehead atoms. The molecule has 0 spiro atoms. The Morgan fingerprint density at radius 3 is 2.62 bits per heavy atom. The Labute approximate surface area is 98.4 Å². The van der Waals surface area contributed by atoms with E-state index in [9.17, 15) is 4.79 Å². The Kier molecular flexibility index (Phi) is 3.48. The van der Waals surface area contributed by atoms with E-state index >= 15 is 0 Å². The second kappa shape index (κ2) is 4.86. The Morgan fingerprint density at radius 1 is 1.31 bits per heavy atom. The van der Waals surface area contributed by atoms with E-state index in [1.807, 2.05) is 6.26 Å². The molecule has 2 rings (SSSR count). The van der Waals surface area contributed by atoms with E-state index in [4.69, 9.17) is 5.84 Å². The van der Waals surface area contributed by atoms with Crippen molar-refractivity contribution in [1.29, 1.82) is 0 Å². The molecule has 0 saturated heterocycles. The van der Waals surface area contributed by atoms with Crippen LogP contribution in [0.3, 0.4) is 0 Å². The number of thioether (sulfide) groups is 1. The molecule has 1 aromatic heterocycles. The minimum Gasteiger partial charge on any atom is -0.334 e. The maximum absolute atomic E-state index is 12.0. The Balaban J connectivity index is 2.34. The van der Waals surface area contributed by atoms with Gasteiger partial charge in [-0.3, -0.25) is 4.79 Å². The van der Waals surface area contributed by atoms with Crippen LogP contribution >= 0.6 is 11.8 Å². The van der Waals surface area contributed by atoms with Gasteiger partial charge in [0.2, 0.25) is 5.16 Å². The SMILES string of the molecule is CSc1nnc(C2CCCCC2)c(=O)n1N. The standard InChI is InChI=1S/C10H16N4OS/c1-16-10-13-12-8(9(15)14(10)11)7-5-3-2-4-6-7/h7H,2-6,11H2,1H3. The van der Waals surface area contributed by atoms with Crippen LogP contribution in [0.1, 0.15) is 43.7 Å². The van der Waals surface area contributed by atoms with Gasteiger partial charge in [-0.15, -0.1) is 10.2 Å². The third-order valence-corrected chi connectivity index (χ3v) is 3.71. The lowest BCUT2D eigenvalue weighted by atomic mass is 9.87. The average molecular weight is 240 g/mol. The second-order valence-electron chi connectivity index (χ2n) is 4.08. The monoisotopic (exact) mass is 240 g/mol. The molecule has 0 radical (unpaired) electrons. The molecule has 88 valence electrons. The Morgan fingerprint density at radius 2 is 2.00 bits per heavy atom. The topological polar surface area (TPSA) is 73.8 Å². The fourth-order valence-electron chi connectivity index (χ4n) is 2.17. The number of nitrogen functional groups attached to an aromatic ring is 1. The van der Waals surface area contributed by atoms with Crippen LogP contribution in [0.25, 0.3) is 0 Å². The molecule has 2 N–H and O–H groups in total. The first kappa shape index (κ1) is 11.4. The van der Waals surface area contributed by atoms with Crippen LogP contribution < -0.4 is 11.4 Å². The minimum absolute atomic E-state index is 0.189. The molecule has 16 heavy (non-hydrogen) atoms. The molecule has 1 aromatic rings. The first-order chi connectivity index (χ1) is 7.74. The van der Waals surface area contributed by atoms with Gasteiger partial charge in [-0.2, -0.15) is 4.68 Å². The lowest BCUT2D eigenvalue weighted by Crippen LogP contribution is -2.35. The van der Waals surface area contributed by atoms with Crippen molar-refractivity contribution >= 4 is 11.8 Å². The predicted molar refractivity (Wildman–Crippen MR) is 64.0 cm³/mol. The van der Waals surface area contributed by atoms with E-state index in [1.165, 1.54) is 31.0 Å². The van der Waals surface area contributed by atoms with Crippen molar-refractivity contribution in [2.24, 2.45) is 0 Å². The van der Waals surface area contributed by atoms with Crippen LogP contribution in [0.15, 0.2) is 9.95 Å². The lowest BCUT2D eigenvalue weighted by molar-refractivity contribution is 0.424. The summed E-state index contributed by atoms with van der Waals surface area (Å²) in [6.45, 7) is 0. The quantitative estimate of drug-likeness (QED) is 0.619. The highest BCUT2D eigenvalue weighted by atomic mass is 32.2. The van der Waals surface area contributed by atoms with Gasteiger partial charge in [0.25, 0.3) is 5.56 Å².